The van der Waals surface area contributed by atoms with Crippen molar-refractivity contribution >= 4 is 40.5 Å². The zero-order valence-electron chi connectivity index (χ0n) is 12.6. The van der Waals surface area contributed by atoms with E-state index in [0.717, 1.165) is 31.9 Å². The highest BCUT2D eigenvalue weighted by Gasteiger charge is 2.19. The van der Waals surface area contributed by atoms with Crippen molar-refractivity contribution in [3.63, 3.8) is 0 Å². The van der Waals surface area contributed by atoms with Gasteiger partial charge in [-0.25, -0.2) is 0 Å². The average Bonchev–Trinajstić information content (AvgIpc) is 2.55. The molecule has 2 aromatic carbocycles. The molecule has 120 valence electrons. The van der Waals surface area contributed by atoms with E-state index < -0.39 is 0 Å². The molecular formula is C17H18Cl2N4. The van der Waals surface area contributed by atoms with Crippen molar-refractivity contribution in [1.29, 1.82) is 5.41 Å². The van der Waals surface area contributed by atoms with E-state index in [1.165, 1.54) is 5.69 Å². The molecule has 0 aromatic heterocycles. The Labute approximate surface area is 146 Å². The van der Waals surface area contributed by atoms with Crippen molar-refractivity contribution in [3.8, 4) is 0 Å². The smallest absolute Gasteiger partial charge is 0.195 e. The van der Waals surface area contributed by atoms with Gasteiger partial charge in [-0.2, -0.15) is 0 Å². The van der Waals surface area contributed by atoms with Crippen LogP contribution in [0.1, 0.15) is 0 Å². The van der Waals surface area contributed by atoms with Gasteiger partial charge in [0, 0.05) is 47.6 Å². The van der Waals surface area contributed by atoms with Gasteiger partial charge in [0.05, 0.1) is 0 Å². The SMILES string of the molecule is N=C(Nc1cc(Cl)cc(Cl)c1)N1CCN(c2ccccc2)CC1. The Morgan fingerprint density at radius 1 is 0.913 bits per heavy atom. The Bertz CT molecular complexity index is 662. The van der Waals surface area contributed by atoms with E-state index in [1.807, 2.05) is 23.1 Å². The fraction of sp³-hybridized carbons (Fsp3) is 0.235. The van der Waals surface area contributed by atoms with Crippen molar-refractivity contribution in [2.24, 2.45) is 0 Å². The first-order valence-electron chi connectivity index (χ1n) is 7.48. The number of anilines is 2. The summed E-state index contributed by atoms with van der Waals surface area (Å²) in [6.07, 6.45) is 0. The average molecular weight is 349 g/mol. The van der Waals surface area contributed by atoms with E-state index in [9.17, 15) is 0 Å². The summed E-state index contributed by atoms with van der Waals surface area (Å²) in [5.41, 5.74) is 1.96. The van der Waals surface area contributed by atoms with E-state index in [0.29, 0.717) is 16.0 Å². The number of rotatable bonds is 2. The molecule has 1 fully saturated rings. The van der Waals surface area contributed by atoms with Gasteiger partial charge < -0.3 is 15.1 Å². The van der Waals surface area contributed by atoms with Crippen LogP contribution in [0.4, 0.5) is 11.4 Å². The zero-order chi connectivity index (χ0) is 16.2. The lowest BCUT2D eigenvalue weighted by Crippen LogP contribution is -2.50. The predicted molar refractivity (Wildman–Crippen MR) is 98.0 cm³/mol. The maximum atomic E-state index is 8.24. The van der Waals surface area contributed by atoms with Crippen LogP contribution in [-0.4, -0.2) is 37.0 Å². The van der Waals surface area contributed by atoms with Gasteiger partial charge in [0.1, 0.15) is 0 Å². The van der Waals surface area contributed by atoms with Crippen LogP contribution >= 0.6 is 23.2 Å². The minimum absolute atomic E-state index is 0.371. The van der Waals surface area contributed by atoms with Crippen LogP contribution in [0.3, 0.4) is 0 Å². The predicted octanol–water partition coefficient (Wildman–Crippen LogP) is 4.16. The Balaban J connectivity index is 1.58. The van der Waals surface area contributed by atoms with E-state index in [1.54, 1.807) is 18.2 Å². The number of piperazine rings is 1. The fourth-order valence-electron chi connectivity index (χ4n) is 2.67. The van der Waals surface area contributed by atoms with Crippen LogP contribution in [0.15, 0.2) is 48.5 Å². The molecule has 1 aliphatic rings. The van der Waals surface area contributed by atoms with E-state index in [-0.39, 0.29) is 0 Å². The lowest BCUT2D eigenvalue weighted by atomic mass is 10.2. The van der Waals surface area contributed by atoms with E-state index in [2.05, 4.69) is 22.3 Å². The van der Waals surface area contributed by atoms with Crippen LogP contribution in [0.2, 0.25) is 10.0 Å². The summed E-state index contributed by atoms with van der Waals surface area (Å²) in [6, 6.07) is 15.6. The van der Waals surface area contributed by atoms with Gasteiger partial charge >= 0.3 is 0 Å². The first kappa shape index (κ1) is 16.0. The summed E-state index contributed by atoms with van der Waals surface area (Å²) in [5.74, 6) is 0.371. The fourth-order valence-corrected chi connectivity index (χ4v) is 3.19. The highest BCUT2D eigenvalue weighted by atomic mass is 35.5. The molecule has 0 saturated carbocycles. The molecule has 1 saturated heterocycles. The van der Waals surface area contributed by atoms with Crippen molar-refractivity contribution in [2.45, 2.75) is 0 Å². The molecule has 2 N–H and O–H groups in total. The maximum Gasteiger partial charge on any atom is 0.195 e. The van der Waals surface area contributed by atoms with Crippen LogP contribution in [-0.2, 0) is 0 Å². The molecule has 0 amide bonds. The molecule has 0 spiro atoms. The standard InChI is InChI=1S/C17H18Cl2N4/c18-13-10-14(19)12-15(11-13)21-17(20)23-8-6-22(7-9-23)16-4-2-1-3-5-16/h1-5,10-12H,6-9H2,(H2,20,21). The lowest BCUT2D eigenvalue weighted by Gasteiger charge is -2.37. The van der Waals surface area contributed by atoms with Crippen molar-refractivity contribution in [2.75, 3.05) is 36.4 Å². The molecule has 0 bridgehead atoms. The van der Waals surface area contributed by atoms with E-state index in [4.69, 9.17) is 28.6 Å². The summed E-state index contributed by atoms with van der Waals surface area (Å²) in [7, 11) is 0. The first-order valence-corrected chi connectivity index (χ1v) is 8.24. The quantitative estimate of drug-likeness (QED) is 0.632. The normalized spacial score (nSPS) is 14.7. The van der Waals surface area contributed by atoms with Gasteiger partial charge in [0.25, 0.3) is 0 Å². The molecule has 0 radical (unpaired) electrons. The van der Waals surface area contributed by atoms with Crippen LogP contribution in [0, 0.1) is 5.41 Å². The Hall–Kier alpha value is -1.91. The summed E-state index contributed by atoms with van der Waals surface area (Å²) in [4.78, 5) is 4.36. The Morgan fingerprint density at radius 2 is 1.52 bits per heavy atom. The zero-order valence-corrected chi connectivity index (χ0v) is 14.1. The van der Waals surface area contributed by atoms with Gasteiger partial charge in [-0.1, -0.05) is 41.4 Å². The highest BCUT2D eigenvalue weighted by molar-refractivity contribution is 6.35. The second-order valence-corrected chi connectivity index (χ2v) is 6.31. The third-order valence-electron chi connectivity index (χ3n) is 3.84. The summed E-state index contributed by atoms with van der Waals surface area (Å²) < 4.78 is 0. The third kappa shape index (κ3) is 4.09. The molecule has 2 aromatic rings. The number of hydrogen-bond donors (Lipinski definition) is 2. The lowest BCUT2D eigenvalue weighted by molar-refractivity contribution is 0.383. The van der Waals surface area contributed by atoms with Crippen LogP contribution < -0.4 is 10.2 Å². The Kier molecular flexibility index (Phi) is 4.94. The molecule has 1 aliphatic heterocycles. The second kappa shape index (κ2) is 7.11. The van der Waals surface area contributed by atoms with Gasteiger partial charge in [-0.15, -0.1) is 0 Å². The molecule has 3 rings (SSSR count). The van der Waals surface area contributed by atoms with Crippen molar-refractivity contribution in [1.82, 2.24) is 4.90 Å². The van der Waals surface area contributed by atoms with Gasteiger partial charge in [-0.3, -0.25) is 5.41 Å². The second-order valence-electron chi connectivity index (χ2n) is 5.44. The third-order valence-corrected chi connectivity index (χ3v) is 4.28. The number of para-hydroxylation sites is 1. The molecule has 1 heterocycles. The first-order chi connectivity index (χ1) is 11.1. The summed E-state index contributed by atoms with van der Waals surface area (Å²) in [5, 5.41) is 12.4. The number of benzene rings is 2. The number of nitrogens with one attached hydrogen (secondary N) is 2. The van der Waals surface area contributed by atoms with Crippen molar-refractivity contribution in [3.05, 3.63) is 58.6 Å². The molecule has 23 heavy (non-hydrogen) atoms. The minimum atomic E-state index is 0.371. The molecule has 6 heteroatoms. The highest BCUT2D eigenvalue weighted by Crippen LogP contribution is 2.23. The summed E-state index contributed by atoms with van der Waals surface area (Å²) >= 11 is 12.0. The van der Waals surface area contributed by atoms with Gasteiger partial charge in [-0.05, 0) is 30.3 Å². The number of hydrogen-bond acceptors (Lipinski definition) is 2. The maximum absolute atomic E-state index is 8.24. The largest absolute Gasteiger partial charge is 0.368 e. The van der Waals surface area contributed by atoms with Crippen LogP contribution in [0.5, 0.6) is 0 Å². The topological polar surface area (TPSA) is 42.4 Å². The minimum Gasteiger partial charge on any atom is -0.368 e. The van der Waals surface area contributed by atoms with E-state index >= 15 is 0 Å². The van der Waals surface area contributed by atoms with Gasteiger partial charge in [0.2, 0.25) is 0 Å². The number of halogens is 2. The monoisotopic (exact) mass is 348 g/mol. The van der Waals surface area contributed by atoms with Crippen molar-refractivity contribution < 1.29 is 0 Å². The summed E-state index contributed by atoms with van der Waals surface area (Å²) in [6.45, 7) is 3.39. The molecule has 0 unspecified atom stereocenters. The molecule has 4 nitrogen and oxygen atoms in total. The number of nitrogens with zero attached hydrogens (tertiary/aromatic N) is 2. The van der Waals surface area contributed by atoms with Gasteiger partial charge in [0.15, 0.2) is 5.96 Å². The number of guanidine groups is 1. The Morgan fingerprint density at radius 3 is 2.13 bits per heavy atom. The van der Waals surface area contributed by atoms with Crippen LogP contribution in [0.25, 0.3) is 0 Å². The molecule has 0 atom stereocenters. The molecular weight excluding hydrogens is 331 g/mol. The molecule has 0 aliphatic carbocycles.